The fraction of sp³-hybridized carbons (Fsp3) is 0.438. The number of carbonyl (C=O) groups excluding carboxylic acids is 1. The van der Waals surface area contributed by atoms with Gasteiger partial charge in [0.05, 0.1) is 6.20 Å². The van der Waals surface area contributed by atoms with Crippen molar-refractivity contribution in [3.05, 3.63) is 40.8 Å². The smallest absolute Gasteiger partial charge is 0.244 e. The summed E-state index contributed by atoms with van der Waals surface area (Å²) in [4.78, 5) is 21.3. The first-order valence-corrected chi connectivity index (χ1v) is 8.69. The van der Waals surface area contributed by atoms with E-state index >= 15 is 0 Å². The van der Waals surface area contributed by atoms with Gasteiger partial charge in [0.2, 0.25) is 5.91 Å². The number of nitrogens with one attached hydrogen (secondary N) is 1. The SMILES string of the molecule is CNC(C(=O)N1CCN(c2ccc(Br)cn2)CC1)c1cnn(C)c1. The molecular formula is C16H21BrN6O. The molecule has 24 heavy (non-hydrogen) atoms. The van der Waals surface area contributed by atoms with Gasteiger partial charge >= 0.3 is 0 Å². The summed E-state index contributed by atoms with van der Waals surface area (Å²) in [6.07, 6.45) is 5.41. The molecule has 3 rings (SSSR count). The van der Waals surface area contributed by atoms with Gasteiger partial charge in [-0.05, 0) is 35.1 Å². The lowest BCUT2D eigenvalue weighted by Gasteiger charge is -2.36. The molecule has 1 aliphatic heterocycles. The summed E-state index contributed by atoms with van der Waals surface area (Å²) in [5.74, 6) is 1.04. The summed E-state index contributed by atoms with van der Waals surface area (Å²) in [5.41, 5.74) is 0.891. The molecule has 1 amide bonds. The highest BCUT2D eigenvalue weighted by atomic mass is 79.9. The number of likely N-dealkylation sites (N-methyl/N-ethyl adjacent to an activating group) is 1. The van der Waals surface area contributed by atoms with E-state index in [1.807, 2.05) is 30.3 Å². The molecule has 0 radical (unpaired) electrons. The van der Waals surface area contributed by atoms with Gasteiger partial charge in [-0.3, -0.25) is 9.48 Å². The standard InChI is InChI=1S/C16H21BrN6O/c1-18-15(12-9-20-21(2)11-12)16(24)23-7-5-22(6-8-23)14-4-3-13(17)10-19-14/h3-4,9-11,15,18H,5-8H2,1-2H3. The van der Waals surface area contributed by atoms with Crippen LogP contribution in [0.5, 0.6) is 0 Å². The van der Waals surface area contributed by atoms with Crippen LogP contribution in [0.15, 0.2) is 35.2 Å². The number of halogens is 1. The van der Waals surface area contributed by atoms with Gasteiger partial charge in [-0.2, -0.15) is 5.10 Å². The molecule has 0 bridgehead atoms. The van der Waals surface area contributed by atoms with E-state index in [-0.39, 0.29) is 11.9 Å². The lowest BCUT2D eigenvalue weighted by Crippen LogP contribution is -2.51. The van der Waals surface area contributed by atoms with Crippen molar-refractivity contribution in [2.75, 3.05) is 38.1 Å². The molecule has 1 atom stereocenters. The number of rotatable bonds is 4. The van der Waals surface area contributed by atoms with Crippen molar-refractivity contribution < 1.29 is 4.79 Å². The summed E-state index contributed by atoms with van der Waals surface area (Å²) < 4.78 is 2.68. The molecule has 2 aromatic rings. The third-order valence-corrected chi connectivity index (χ3v) is 4.69. The van der Waals surface area contributed by atoms with Gasteiger partial charge in [-0.25, -0.2) is 4.98 Å². The number of carbonyl (C=O) groups is 1. The molecule has 0 aliphatic carbocycles. The second-order valence-corrected chi connectivity index (χ2v) is 6.73. The van der Waals surface area contributed by atoms with Gasteiger partial charge in [-0.15, -0.1) is 0 Å². The van der Waals surface area contributed by atoms with Crippen molar-refractivity contribution >= 4 is 27.7 Å². The second-order valence-electron chi connectivity index (χ2n) is 5.82. The van der Waals surface area contributed by atoms with E-state index in [1.54, 1.807) is 24.1 Å². The van der Waals surface area contributed by atoms with Crippen LogP contribution in [0.2, 0.25) is 0 Å². The summed E-state index contributed by atoms with van der Waals surface area (Å²) in [6.45, 7) is 2.94. The molecule has 1 N–H and O–H groups in total. The zero-order valence-electron chi connectivity index (χ0n) is 13.8. The van der Waals surface area contributed by atoms with E-state index in [0.717, 1.165) is 28.9 Å². The van der Waals surface area contributed by atoms with Crippen molar-refractivity contribution in [3.63, 3.8) is 0 Å². The zero-order valence-corrected chi connectivity index (χ0v) is 15.4. The molecule has 128 valence electrons. The Morgan fingerprint density at radius 1 is 1.25 bits per heavy atom. The highest BCUT2D eigenvalue weighted by molar-refractivity contribution is 9.10. The number of hydrogen-bond acceptors (Lipinski definition) is 5. The van der Waals surface area contributed by atoms with Crippen LogP contribution < -0.4 is 10.2 Å². The first-order valence-electron chi connectivity index (χ1n) is 7.89. The maximum Gasteiger partial charge on any atom is 0.244 e. The Morgan fingerprint density at radius 3 is 2.54 bits per heavy atom. The van der Waals surface area contributed by atoms with E-state index in [0.29, 0.717) is 13.1 Å². The van der Waals surface area contributed by atoms with E-state index in [4.69, 9.17) is 0 Å². The van der Waals surface area contributed by atoms with Crippen molar-refractivity contribution in [2.24, 2.45) is 7.05 Å². The van der Waals surface area contributed by atoms with Gasteiger partial charge in [0.1, 0.15) is 11.9 Å². The third-order valence-electron chi connectivity index (χ3n) is 4.22. The number of pyridine rings is 1. The first-order chi connectivity index (χ1) is 11.6. The highest BCUT2D eigenvalue weighted by Gasteiger charge is 2.28. The Kier molecular flexibility index (Phi) is 5.15. The predicted molar refractivity (Wildman–Crippen MR) is 95.7 cm³/mol. The number of aromatic nitrogens is 3. The number of hydrogen-bond donors (Lipinski definition) is 1. The maximum absolute atomic E-state index is 12.8. The quantitative estimate of drug-likeness (QED) is 0.846. The summed E-state index contributed by atoms with van der Waals surface area (Å²) in [5, 5.41) is 7.26. The normalized spacial score (nSPS) is 16.3. The highest BCUT2D eigenvalue weighted by Crippen LogP contribution is 2.19. The van der Waals surface area contributed by atoms with Crippen molar-refractivity contribution in [2.45, 2.75) is 6.04 Å². The fourth-order valence-electron chi connectivity index (χ4n) is 2.92. The molecule has 2 aromatic heterocycles. The maximum atomic E-state index is 12.8. The zero-order chi connectivity index (χ0) is 17.1. The van der Waals surface area contributed by atoms with Crippen LogP contribution in [0.25, 0.3) is 0 Å². The minimum Gasteiger partial charge on any atom is -0.353 e. The monoisotopic (exact) mass is 392 g/mol. The Hall–Kier alpha value is -1.93. The molecule has 0 saturated carbocycles. The second kappa shape index (κ2) is 7.31. The molecule has 3 heterocycles. The molecule has 7 nitrogen and oxygen atoms in total. The third kappa shape index (κ3) is 3.59. The molecule has 8 heteroatoms. The lowest BCUT2D eigenvalue weighted by atomic mass is 10.1. The average molecular weight is 393 g/mol. The van der Waals surface area contributed by atoms with Crippen LogP contribution in [-0.2, 0) is 11.8 Å². The molecule has 1 aliphatic rings. The van der Waals surface area contributed by atoms with Crippen LogP contribution >= 0.6 is 15.9 Å². The Bertz CT molecular complexity index is 693. The molecule has 0 spiro atoms. The van der Waals surface area contributed by atoms with E-state index < -0.39 is 0 Å². The van der Waals surface area contributed by atoms with Crippen LogP contribution in [0.4, 0.5) is 5.82 Å². The van der Waals surface area contributed by atoms with Gasteiger partial charge in [0.15, 0.2) is 0 Å². The minimum absolute atomic E-state index is 0.0916. The van der Waals surface area contributed by atoms with Crippen molar-refractivity contribution in [1.82, 2.24) is 25.0 Å². The van der Waals surface area contributed by atoms with Gasteiger partial charge < -0.3 is 15.1 Å². The molecule has 0 aromatic carbocycles. The fourth-order valence-corrected chi connectivity index (χ4v) is 3.15. The summed E-state index contributed by atoms with van der Waals surface area (Å²) in [7, 11) is 3.66. The van der Waals surface area contributed by atoms with Crippen LogP contribution in [-0.4, -0.2) is 58.8 Å². The number of nitrogens with zero attached hydrogens (tertiary/aromatic N) is 5. The minimum atomic E-state index is -0.351. The van der Waals surface area contributed by atoms with Gasteiger partial charge in [0.25, 0.3) is 0 Å². The largest absolute Gasteiger partial charge is 0.353 e. The van der Waals surface area contributed by atoms with Gasteiger partial charge in [0, 0.05) is 55.7 Å². The molecular weight excluding hydrogens is 372 g/mol. The van der Waals surface area contributed by atoms with E-state index in [1.165, 1.54) is 0 Å². The molecule has 1 unspecified atom stereocenters. The number of piperazine rings is 1. The number of amides is 1. The Morgan fingerprint density at radius 2 is 2.00 bits per heavy atom. The van der Waals surface area contributed by atoms with Crippen molar-refractivity contribution in [1.29, 1.82) is 0 Å². The van der Waals surface area contributed by atoms with Crippen LogP contribution in [0, 0.1) is 0 Å². The van der Waals surface area contributed by atoms with Crippen molar-refractivity contribution in [3.8, 4) is 0 Å². The van der Waals surface area contributed by atoms with Crippen LogP contribution in [0.3, 0.4) is 0 Å². The number of aryl methyl sites for hydroxylation is 1. The molecule has 1 saturated heterocycles. The summed E-state index contributed by atoms with van der Waals surface area (Å²) in [6, 6.07) is 3.63. The Labute approximate surface area is 149 Å². The Balaban J connectivity index is 1.63. The molecule has 1 fully saturated rings. The van der Waals surface area contributed by atoms with E-state index in [2.05, 4.69) is 36.2 Å². The topological polar surface area (TPSA) is 66.3 Å². The van der Waals surface area contributed by atoms with Crippen LogP contribution in [0.1, 0.15) is 11.6 Å². The summed E-state index contributed by atoms with van der Waals surface area (Å²) >= 11 is 3.40. The average Bonchev–Trinajstić information content (AvgIpc) is 3.02. The van der Waals surface area contributed by atoms with Gasteiger partial charge in [-0.1, -0.05) is 0 Å². The lowest BCUT2D eigenvalue weighted by molar-refractivity contribution is -0.133. The first kappa shape index (κ1) is 16.9. The van der Waals surface area contributed by atoms with E-state index in [9.17, 15) is 4.79 Å². The number of anilines is 1. The predicted octanol–water partition coefficient (Wildman–Crippen LogP) is 1.19.